The van der Waals surface area contributed by atoms with E-state index in [-0.39, 0.29) is 0 Å². The Balaban J connectivity index is 1.59. The molecule has 1 fully saturated rings. The topological polar surface area (TPSA) is 66.5 Å². The molecule has 0 atom stereocenters. The van der Waals surface area contributed by atoms with Crippen LogP contribution in [0.3, 0.4) is 0 Å². The van der Waals surface area contributed by atoms with Crippen molar-refractivity contribution in [1.82, 2.24) is 19.9 Å². The molecule has 1 saturated carbocycles. The molecular formula is C14H21N5. The molecule has 2 aromatic rings. The third-order valence-corrected chi connectivity index (χ3v) is 4.32. The van der Waals surface area contributed by atoms with Gasteiger partial charge in [-0.1, -0.05) is 26.2 Å². The van der Waals surface area contributed by atoms with Gasteiger partial charge in [0.15, 0.2) is 11.5 Å². The molecule has 0 spiro atoms. The lowest BCUT2D eigenvalue weighted by molar-refractivity contribution is 0.278. The number of hydrogen-bond acceptors (Lipinski definition) is 4. The molecule has 0 bridgehead atoms. The first-order valence-electron chi connectivity index (χ1n) is 7.24. The van der Waals surface area contributed by atoms with Gasteiger partial charge in [0.2, 0.25) is 0 Å². The summed E-state index contributed by atoms with van der Waals surface area (Å²) in [5.74, 6) is 2.60. The molecule has 0 radical (unpaired) electrons. The number of rotatable bonds is 4. The lowest BCUT2D eigenvalue weighted by Crippen LogP contribution is -2.21. The van der Waals surface area contributed by atoms with Crippen molar-refractivity contribution in [2.45, 2.75) is 39.0 Å². The van der Waals surface area contributed by atoms with Crippen LogP contribution in [0.2, 0.25) is 0 Å². The fourth-order valence-electron chi connectivity index (χ4n) is 2.98. The number of aromatic nitrogens is 4. The molecule has 0 unspecified atom stereocenters. The minimum Gasteiger partial charge on any atom is -0.368 e. The SMILES string of the molecule is CCC1CCC(CNc2ncnc3nc[nH]c23)CC1. The van der Waals surface area contributed by atoms with Gasteiger partial charge in [0.25, 0.3) is 0 Å². The molecule has 3 rings (SSSR count). The van der Waals surface area contributed by atoms with Gasteiger partial charge < -0.3 is 10.3 Å². The van der Waals surface area contributed by atoms with Gasteiger partial charge in [0.05, 0.1) is 6.33 Å². The van der Waals surface area contributed by atoms with E-state index in [1.165, 1.54) is 32.1 Å². The molecule has 0 aromatic carbocycles. The lowest BCUT2D eigenvalue weighted by atomic mass is 9.81. The zero-order chi connectivity index (χ0) is 13.1. The van der Waals surface area contributed by atoms with Crippen molar-refractivity contribution in [1.29, 1.82) is 0 Å². The van der Waals surface area contributed by atoms with E-state index in [0.29, 0.717) is 0 Å². The highest BCUT2D eigenvalue weighted by atomic mass is 15.1. The summed E-state index contributed by atoms with van der Waals surface area (Å²) in [5, 5.41) is 3.45. The maximum atomic E-state index is 4.30. The molecule has 19 heavy (non-hydrogen) atoms. The van der Waals surface area contributed by atoms with Crippen LogP contribution in [0, 0.1) is 11.8 Å². The Bertz CT molecular complexity index is 527. The first kappa shape index (κ1) is 12.4. The Morgan fingerprint density at radius 1 is 1.16 bits per heavy atom. The second-order valence-electron chi connectivity index (χ2n) is 5.50. The molecule has 2 heterocycles. The van der Waals surface area contributed by atoms with E-state index < -0.39 is 0 Å². The molecule has 5 heteroatoms. The molecular weight excluding hydrogens is 238 g/mol. The Morgan fingerprint density at radius 3 is 2.74 bits per heavy atom. The van der Waals surface area contributed by atoms with E-state index in [1.54, 1.807) is 12.7 Å². The maximum Gasteiger partial charge on any atom is 0.182 e. The molecule has 0 saturated heterocycles. The summed E-state index contributed by atoms with van der Waals surface area (Å²) in [6.45, 7) is 3.31. The predicted molar refractivity (Wildman–Crippen MR) is 75.9 cm³/mol. The van der Waals surface area contributed by atoms with E-state index in [2.05, 4.69) is 32.2 Å². The highest BCUT2D eigenvalue weighted by Crippen LogP contribution is 2.30. The minimum absolute atomic E-state index is 0.729. The van der Waals surface area contributed by atoms with Crippen LogP contribution in [0.4, 0.5) is 5.82 Å². The average molecular weight is 259 g/mol. The molecule has 0 aliphatic heterocycles. The molecule has 1 aliphatic carbocycles. The van der Waals surface area contributed by atoms with Crippen molar-refractivity contribution in [3.05, 3.63) is 12.7 Å². The van der Waals surface area contributed by atoms with Gasteiger partial charge in [-0.2, -0.15) is 0 Å². The summed E-state index contributed by atoms with van der Waals surface area (Å²) < 4.78 is 0. The Hall–Kier alpha value is -1.65. The number of H-pyrrole nitrogens is 1. The van der Waals surface area contributed by atoms with Gasteiger partial charge in [-0.05, 0) is 24.7 Å². The third kappa shape index (κ3) is 2.69. The lowest BCUT2D eigenvalue weighted by Gasteiger charge is -2.27. The van der Waals surface area contributed by atoms with E-state index in [4.69, 9.17) is 0 Å². The van der Waals surface area contributed by atoms with Crippen molar-refractivity contribution >= 4 is 17.0 Å². The van der Waals surface area contributed by atoms with Crippen LogP contribution >= 0.6 is 0 Å². The summed E-state index contributed by atoms with van der Waals surface area (Å²) in [5.41, 5.74) is 1.64. The standard InChI is InChI=1S/C14H21N5/c1-2-10-3-5-11(6-4-10)7-15-13-12-14(17-8-16-12)19-9-18-13/h8-11H,2-7H2,1H3,(H2,15,16,17,18,19). The van der Waals surface area contributed by atoms with Crippen LogP contribution in [-0.4, -0.2) is 26.5 Å². The van der Waals surface area contributed by atoms with Crippen LogP contribution in [0.5, 0.6) is 0 Å². The third-order valence-electron chi connectivity index (χ3n) is 4.32. The number of anilines is 1. The van der Waals surface area contributed by atoms with Crippen molar-refractivity contribution in [2.24, 2.45) is 11.8 Å². The molecule has 1 aliphatic rings. The predicted octanol–water partition coefficient (Wildman–Crippen LogP) is 2.98. The number of fused-ring (bicyclic) bond motifs is 1. The van der Waals surface area contributed by atoms with Crippen molar-refractivity contribution < 1.29 is 0 Å². The van der Waals surface area contributed by atoms with Gasteiger partial charge in [-0.15, -0.1) is 0 Å². The molecule has 0 amide bonds. The number of aromatic amines is 1. The Kier molecular flexibility index (Phi) is 3.62. The first-order valence-corrected chi connectivity index (χ1v) is 7.24. The maximum absolute atomic E-state index is 4.30. The first-order chi connectivity index (χ1) is 9.36. The smallest absolute Gasteiger partial charge is 0.182 e. The summed E-state index contributed by atoms with van der Waals surface area (Å²) >= 11 is 0. The zero-order valence-corrected chi connectivity index (χ0v) is 11.4. The molecule has 102 valence electrons. The number of imidazole rings is 1. The second kappa shape index (κ2) is 5.55. The number of hydrogen-bond donors (Lipinski definition) is 2. The van der Waals surface area contributed by atoms with E-state index >= 15 is 0 Å². The van der Waals surface area contributed by atoms with Crippen LogP contribution in [0.15, 0.2) is 12.7 Å². The van der Waals surface area contributed by atoms with Crippen molar-refractivity contribution in [2.75, 3.05) is 11.9 Å². The highest BCUT2D eigenvalue weighted by Gasteiger charge is 2.20. The summed E-state index contributed by atoms with van der Waals surface area (Å²) in [7, 11) is 0. The van der Waals surface area contributed by atoms with Crippen LogP contribution in [0.25, 0.3) is 11.2 Å². The van der Waals surface area contributed by atoms with Crippen LogP contribution in [0.1, 0.15) is 39.0 Å². The summed E-state index contributed by atoms with van der Waals surface area (Å²) in [6.07, 6.45) is 10.0. The molecule has 2 aromatic heterocycles. The number of nitrogens with zero attached hydrogens (tertiary/aromatic N) is 3. The fourth-order valence-corrected chi connectivity index (χ4v) is 2.98. The van der Waals surface area contributed by atoms with Gasteiger partial charge in [0, 0.05) is 6.54 Å². The Labute approximate surface area is 113 Å². The molecule has 2 N–H and O–H groups in total. The van der Waals surface area contributed by atoms with E-state index in [0.717, 1.165) is 35.4 Å². The highest BCUT2D eigenvalue weighted by molar-refractivity contribution is 5.81. The monoisotopic (exact) mass is 259 g/mol. The largest absolute Gasteiger partial charge is 0.368 e. The van der Waals surface area contributed by atoms with Gasteiger partial charge in [-0.25, -0.2) is 15.0 Å². The van der Waals surface area contributed by atoms with Gasteiger partial charge in [0.1, 0.15) is 11.8 Å². The second-order valence-corrected chi connectivity index (χ2v) is 5.50. The zero-order valence-electron chi connectivity index (χ0n) is 11.4. The number of nitrogens with one attached hydrogen (secondary N) is 2. The van der Waals surface area contributed by atoms with Crippen molar-refractivity contribution in [3.63, 3.8) is 0 Å². The average Bonchev–Trinajstić information content (AvgIpc) is 2.94. The van der Waals surface area contributed by atoms with Crippen molar-refractivity contribution in [3.8, 4) is 0 Å². The summed E-state index contributed by atoms with van der Waals surface area (Å²) in [6, 6.07) is 0. The van der Waals surface area contributed by atoms with Crippen LogP contribution in [-0.2, 0) is 0 Å². The normalized spacial score (nSPS) is 23.6. The fraction of sp³-hybridized carbons (Fsp3) is 0.643. The van der Waals surface area contributed by atoms with Crippen LogP contribution < -0.4 is 5.32 Å². The van der Waals surface area contributed by atoms with E-state index in [9.17, 15) is 0 Å². The summed E-state index contributed by atoms with van der Waals surface area (Å²) in [4.78, 5) is 15.7. The quantitative estimate of drug-likeness (QED) is 0.885. The molecule has 5 nitrogen and oxygen atoms in total. The van der Waals surface area contributed by atoms with Gasteiger partial charge in [-0.3, -0.25) is 0 Å². The minimum atomic E-state index is 0.729. The van der Waals surface area contributed by atoms with E-state index in [1.807, 2.05) is 0 Å². The Morgan fingerprint density at radius 2 is 1.95 bits per heavy atom. The van der Waals surface area contributed by atoms with Gasteiger partial charge >= 0.3 is 0 Å².